The van der Waals surface area contributed by atoms with Gasteiger partial charge in [-0.3, -0.25) is 14.3 Å². The summed E-state index contributed by atoms with van der Waals surface area (Å²) in [5.41, 5.74) is 3.54. The molecule has 132 valence electrons. The van der Waals surface area contributed by atoms with Crippen LogP contribution < -0.4 is 16.2 Å². The molecule has 2 aliphatic rings. The molecule has 1 fully saturated rings. The summed E-state index contributed by atoms with van der Waals surface area (Å²) in [6.45, 7) is 0.979. The van der Waals surface area contributed by atoms with Crippen molar-refractivity contribution in [2.24, 2.45) is 7.05 Å². The Hall–Kier alpha value is -2.41. The molecule has 1 atom stereocenters. The van der Waals surface area contributed by atoms with Crippen molar-refractivity contribution in [2.45, 2.75) is 44.6 Å². The zero-order valence-corrected chi connectivity index (χ0v) is 14.4. The van der Waals surface area contributed by atoms with Gasteiger partial charge >= 0.3 is 0 Å². The van der Waals surface area contributed by atoms with E-state index in [1.807, 2.05) is 12.1 Å². The van der Waals surface area contributed by atoms with E-state index in [1.54, 1.807) is 11.7 Å². The van der Waals surface area contributed by atoms with Gasteiger partial charge in [0, 0.05) is 12.7 Å². The molecule has 1 unspecified atom stereocenters. The minimum Gasteiger partial charge on any atom is -0.324 e. The van der Waals surface area contributed by atoms with Crippen LogP contribution in [0.15, 0.2) is 16.9 Å². The van der Waals surface area contributed by atoms with E-state index in [-0.39, 0.29) is 17.5 Å². The van der Waals surface area contributed by atoms with Gasteiger partial charge in [0.25, 0.3) is 11.5 Å². The van der Waals surface area contributed by atoms with Crippen LogP contribution in [0.25, 0.3) is 0 Å². The number of hydrogen-bond acceptors (Lipinski definition) is 4. The van der Waals surface area contributed by atoms with Crippen LogP contribution in [0.4, 0.5) is 5.69 Å². The number of H-pyrrole nitrogens is 1. The third-order valence-electron chi connectivity index (χ3n) is 5.14. The number of pyridine rings is 1. The van der Waals surface area contributed by atoms with E-state index in [9.17, 15) is 9.59 Å². The van der Waals surface area contributed by atoms with E-state index in [2.05, 4.69) is 20.7 Å². The first-order valence-corrected chi connectivity index (χ1v) is 8.95. The van der Waals surface area contributed by atoms with Crippen molar-refractivity contribution in [1.82, 2.24) is 20.1 Å². The number of rotatable bonds is 3. The summed E-state index contributed by atoms with van der Waals surface area (Å²) < 4.78 is 1.58. The van der Waals surface area contributed by atoms with Crippen LogP contribution in [0, 0.1) is 0 Å². The number of amides is 1. The fourth-order valence-electron chi connectivity index (χ4n) is 3.76. The quantitative estimate of drug-likeness (QED) is 0.792. The number of nitrogens with one attached hydrogen (secondary N) is 3. The Morgan fingerprint density at radius 3 is 2.92 bits per heavy atom. The Morgan fingerprint density at radius 1 is 1.28 bits per heavy atom. The number of aromatic nitrogens is 3. The minimum atomic E-state index is -0.305. The smallest absolute Gasteiger partial charge is 0.274 e. The maximum absolute atomic E-state index is 12.6. The van der Waals surface area contributed by atoms with Gasteiger partial charge in [-0.05, 0) is 62.8 Å². The van der Waals surface area contributed by atoms with Crippen molar-refractivity contribution >= 4 is 11.6 Å². The van der Waals surface area contributed by atoms with Gasteiger partial charge in [-0.1, -0.05) is 0 Å². The maximum Gasteiger partial charge on any atom is 0.274 e. The third kappa shape index (κ3) is 3.11. The van der Waals surface area contributed by atoms with Gasteiger partial charge in [0.05, 0.1) is 11.7 Å². The second-order valence-corrected chi connectivity index (χ2v) is 6.90. The third-order valence-corrected chi connectivity index (χ3v) is 5.14. The Bertz CT molecular complexity index is 861. The lowest BCUT2D eigenvalue weighted by atomic mass is 9.96. The SMILES string of the molecule is Cn1nc(C2CCCN2)cc1C(=O)Nc1cc2c([nH]c1=O)CCCC2. The van der Waals surface area contributed by atoms with Crippen molar-refractivity contribution in [1.29, 1.82) is 0 Å². The summed E-state index contributed by atoms with van der Waals surface area (Å²) in [5.74, 6) is -0.305. The number of hydrogen-bond donors (Lipinski definition) is 3. The lowest BCUT2D eigenvalue weighted by Crippen LogP contribution is -2.24. The largest absolute Gasteiger partial charge is 0.324 e. The fraction of sp³-hybridized carbons (Fsp3) is 0.500. The van der Waals surface area contributed by atoms with E-state index >= 15 is 0 Å². The summed E-state index contributed by atoms with van der Waals surface area (Å²) in [7, 11) is 1.75. The summed E-state index contributed by atoms with van der Waals surface area (Å²) >= 11 is 0. The summed E-state index contributed by atoms with van der Waals surface area (Å²) in [6.07, 6.45) is 6.21. The molecule has 3 heterocycles. The van der Waals surface area contributed by atoms with Crippen molar-refractivity contribution < 1.29 is 4.79 Å². The molecule has 4 rings (SSSR count). The van der Waals surface area contributed by atoms with Crippen LogP contribution in [-0.4, -0.2) is 27.2 Å². The Balaban J connectivity index is 1.57. The molecule has 1 saturated heterocycles. The fourth-order valence-corrected chi connectivity index (χ4v) is 3.76. The molecule has 1 amide bonds. The number of fused-ring (bicyclic) bond motifs is 1. The molecule has 7 nitrogen and oxygen atoms in total. The zero-order valence-electron chi connectivity index (χ0n) is 14.4. The second-order valence-electron chi connectivity index (χ2n) is 6.90. The molecule has 0 radical (unpaired) electrons. The minimum absolute atomic E-state index is 0.208. The number of nitrogens with zero attached hydrogens (tertiary/aromatic N) is 2. The maximum atomic E-state index is 12.6. The second kappa shape index (κ2) is 6.48. The number of carbonyl (C=O) groups excluding carboxylic acids is 1. The Labute approximate surface area is 145 Å². The highest BCUT2D eigenvalue weighted by atomic mass is 16.2. The van der Waals surface area contributed by atoms with Crippen LogP contribution in [-0.2, 0) is 19.9 Å². The molecule has 0 aromatic carbocycles. The van der Waals surface area contributed by atoms with Crippen molar-refractivity contribution in [3.8, 4) is 0 Å². The molecule has 0 bridgehead atoms. The lowest BCUT2D eigenvalue weighted by molar-refractivity contribution is 0.101. The topological polar surface area (TPSA) is 91.8 Å². The van der Waals surface area contributed by atoms with E-state index < -0.39 is 0 Å². The van der Waals surface area contributed by atoms with Gasteiger partial charge in [0.2, 0.25) is 0 Å². The number of carbonyl (C=O) groups is 1. The van der Waals surface area contributed by atoms with Crippen LogP contribution >= 0.6 is 0 Å². The molecule has 25 heavy (non-hydrogen) atoms. The number of aromatic amines is 1. The lowest BCUT2D eigenvalue weighted by Gasteiger charge is -2.16. The monoisotopic (exact) mass is 341 g/mol. The first-order chi connectivity index (χ1) is 12.1. The average Bonchev–Trinajstić information content (AvgIpc) is 3.25. The van der Waals surface area contributed by atoms with E-state index in [0.29, 0.717) is 11.4 Å². The molecule has 3 N–H and O–H groups in total. The molecular weight excluding hydrogens is 318 g/mol. The number of anilines is 1. The van der Waals surface area contributed by atoms with Gasteiger partial charge in [0.1, 0.15) is 11.4 Å². The number of aryl methyl sites for hydroxylation is 3. The molecule has 0 saturated carbocycles. The summed E-state index contributed by atoms with van der Waals surface area (Å²) in [5, 5.41) is 10.6. The van der Waals surface area contributed by atoms with Crippen LogP contribution in [0.1, 0.15) is 59.2 Å². The first-order valence-electron chi connectivity index (χ1n) is 8.95. The van der Waals surface area contributed by atoms with Gasteiger partial charge in [-0.25, -0.2) is 0 Å². The van der Waals surface area contributed by atoms with Crippen LogP contribution in [0.5, 0.6) is 0 Å². The molecule has 2 aromatic heterocycles. The molecular formula is C18H23N5O2. The highest BCUT2D eigenvalue weighted by Gasteiger charge is 2.23. The summed E-state index contributed by atoms with van der Waals surface area (Å²) in [4.78, 5) is 27.8. The molecule has 0 spiro atoms. The van der Waals surface area contributed by atoms with E-state index in [0.717, 1.165) is 62.0 Å². The summed E-state index contributed by atoms with van der Waals surface area (Å²) in [6, 6.07) is 3.84. The van der Waals surface area contributed by atoms with Crippen molar-refractivity contribution in [3.05, 3.63) is 45.1 Å². The van der Waals surface area contributed by atoms with E-state index in [1.165, 1.54) is 0 Å². The predicted octanol–water partition coefficient (Wildman–Crippen LogP) is 1.66. The Morgan fingerprint density at radius 2 is 2.12 bits per heavy atom. The van der Waals surface area contributed by atoms with E-state index in [4.69, 9.17) is 0 Å². The average molecular weight is 341 g/mol. The Kier molecular flexibility index (Phi) is 4.17. The standard InChI is InChI=1S/C18H23N5O2/c1-23-16(10-14(22-23)13-7-4-8-19-13)18(25)21-15-9-11-5-2-3-6-12(11)20-17(15)24/h9-10,13,19H,2-8H2,1H3,(H,20,24)(H,21,25). The van der Waals surface area contributed by atoms with Crippen molar-refractivity contribution in [2.75, 3.05) is 11.9 Å². The van der Waals surface area contributed by atoms with Gasteiger partial charge in [0.15, 0.2) is 0 Å². The first kappa shape index (κ1) is 16.1. The van der Waals surface area contributed by atoms with Crippen LogP contribution in [0.3, 0.4) is 0 Å². The van der Waals surface area contributed by atoms with Gasteiger partial charge in [-0.2, -0.15) is 5.10 Å². The van der Waals surface area contributed by atoms with Crippen LogP contribution in [0.2, 0.25) is 0 Å². The molecule has 1 aliphatic carbocycles. The highest BCUT2D eigenvalue weighted by molar-refractivity contribution is 6.03. The highest BCUT2D eigenvalue weighted by Crippen LogP contribution is 2.23. The van der Waals surface area contributed by atoms with Crippen molar-refractivity contribution in [3.63, 3.8) is 0 Å². The predicted molar refractivity (Wildman–Crippen MR) is 94.8 cm³/mol. The van der Waals surface area contributed by atoms with Gasteiger partial charge in [-0.15, -0.1) is 0 Å². The zero-order chi connectivity index (χ0) is 17.4. The molecule has 7 heteroatoms. The molecule has 2 aromatic rings. The normalized spacial score (nSPS) is 19.6. The van der Waals surface area contributed by atoms with Gasteiger partial charge < -0.3 is 15.6 Å². The molecule has 1 aliphatic heterocycles.